The lowest BCUT2D eigenvalue weighted by Gasteiger charge is -2.22. The molecule has 0 spiro atoms. The van der Waals surface area contributed by atoms with Crippen molar-refractivity contribution in [1.29, 1.82) is 0 Å². The number of carbonyl (C=O) groups excluding carboxylic acids is 4. The summed E-state index contributed by atoms with van der Waals surface area (Å²) in [6, 6.07) is 49.4. The molecule has 2 saturated heterocycles. The van der Waals surface area contributed by atoms with Crippen LogP contribution in [0.25, 0.3) is 33.4 Å². The number of likely N-dealkylation sites (tertiary alicyclic amines) is 2. The molecule has 16 heteroatoms. The van der Waals surface area contributed by atoms with Crippen LogP contribution in [0.1, 0.15) is 60.8 Å². The molecule has 6 aromatic rings. The molecule has 2 N–H and O–H groups in total. The van der Waals surface area contributed by atoms with Crippen molar-refractivity contribution in [2.45, 2.75) is 89.2 Å². The van der Waals surface area contributed by atoms with Gasteiger partial charge in [-0.1, -0.05) is 133 Å². The second-order valence-electron chi connectivity index (χ2n) is 23.9. The number of ether oxygens (including phenoxy) is 6. The summed E-state index contributed by atoms with van der Waals surface area (Å²) in [6.07, 6.45) is 3.44. The van der Waals surface area contributed by atoms with Crippen LogP contribution in [0, 0.1) is 23.7 Å². The van der Waals surface area contributed by atoms with Crippen LogP contribution in [0.4, 0.5) is 21.0 Å². The van der Waals surface area contributed by atoms with Gasteiger partial charge in [0, 0.05) is 106 Å². The van der Waals surface area contributed by atoms with Crippen LogP contribution < -0.4 is 10.6 Å². The fourth-order valence-corrected chi connectivity index (χ4v) is 13.3. The molecule has 4 aliphatic rings. The van der Waals surface area contributed by atoms with Gasteiger partial charge in [0.25, 0.3) is 0 Å². The number of methoxy groups -OCH3 is 4. The number of hydrogen-bond acceptors (Lipinski definition) is 12. The molecule has 0 radical (unpaired) electrons. The number of amides is 4. The number of para-hydroxylation sites is 1. The second-order valence-corrected chi connectivity index (χ2v) is 23.9. The molecule has 6 atom stereocenters. The van der Waals surface area contributed by atoms with E-state index in [4.69, 9.17) is 28.4 Å². The van der Waals surface area contributed by atoms with Gasteiger partial charge < -0.3 is 38.2 Å². The van der Waals surface area contributed by atoms with Gasteiger partial charge in [-0.25, -0.2) is 9.59 Å². The summed E-state index contributed by atoms with van der Waals surface area (Å²) in [5.41, 5.74) is 11.7. The summed E-state index contributed by atoms with van der Waals surface area (Å²) in [6.45, 7) is 6.33. The third-order valence-electron chi connectivity index (χ3n) is 18.0. The largest absolute Gasteiger partial charge is 0.446 e. The minimum Gasteiger partial charge on any atom is -0.446 e. The van der Waals surface area contributed by atoms with Crippen molar-refractivity contribution in [3.8, 4) is 33.4 Å². The molecule has 2 aliphatic carbocycles. The highest BCUT2D eigenvalue weighted by atomic mass is 16.7. The Labute approximate surface area is 507 Å². The lowest BCUT2D eigenvalue weighted by atomic mass is 9.96. The predicted molar refractivity (Wildman–Crippen MR) is 334 cm³/mol. The molecule has 4 amide bonds. The highest BCUT2D eigenvalue weighted by Gasteiger charge is 2.43. The zero-order valence-corrected chi connectivity index (χ0v) is 50.7. The smallest absolute Gasteiger partial charge is 0.411 e. The van der Waals surface area contributed by atoms with Crippen molar-refractivity contribution >= 4 is 35.4 Å². The van der Waals surface area contributed by atoms with Crippen LogP contribution in [-0.4, -0.2) is 150 Å². The van der Waals surface area contributed by atoms with Gasteiger partial charge in [-0.2, -0.15) is 0 Å². The number of fused-ring (bicyclic) bond motifs is 2. The standard InChI is InChI=1S/C70H84N6O10/c1-73(45-67(81-3)82-4)65(77)31-23-47-19-21-49(22-20-47)39-75-41-55-34-59(35-56(55)42-75)85-69(79)71-63-18-11-10-17-61(63)53-27-25-51(26-28-53)54-29-30-62(52-15-8-7-9-16-52)64(38-54)72-70(80)86-60-36-57-43-76(44-58(57)37-60)40-50-14-12-13-48(33-50)24-32-66(78)74(2)46-68(83-5)84-6/h7-22,25-30,33,38,55-60,67-68H,23-24,31-32,34-37,39-46H2,1-6H3,(H,71,79)(H,72,80)/t55-,56+,57-,58+,59?,60?. The number of rotatable bonds is 25. The number of hydrogen-bond donors (Lipinski definition) is 2. The van der Waals surface area contributed by atoms with Gasteiger partial charge >= 0.3 is 12.2 Å². The fourth-order valence-electron chi connectivity index (χ4n) is 13.3. The fraction of sp³-hybridized carbons (Fsp3) is 0.429. The van der Waals surface area contributed by atoms with E-state index in [1.54, 1.807) is 52.3 Å². The molecular formula is C70H84N6O10. The highest BCUT2D eigenvalue weighted by Crippen LogP contribution is 2.42. The van der Waals surface area contributed by atoms with E-state index >= 15 is 0 Å². The monoisotopic (exact) mass is 1170 g/mol. The summed E-state index contributed by atoms with van der Waals surface area (Å²) >= 11 is 0. The first-order chi connectivity index (χ1) is 41.8. The van der Waals surface area contributed by atoms with Gasteiger partial charge in [0.05, 0.1) is 24.5 Å². The number of benzene rings is 6. The third-order valence-corrected chi connectivity index (χ3v) is 18.0. The summed E-state index contributed by atoms with van der Waals surface area (Å²) in [7, 11) is 9.83. The maximum Gasteiger partial charge on any atom is 0.411 e. The summed E-state index contributed by atoms with van der Waals surface area (Å²) in [5.74, 6) is 1.96. The SMILES string of the molecule is COC(CN(C)C(=O)CCc1ccc(CN2C[C@H]3CC(OC(=O)Nc4ccccc4-c4ccc(-c5ccc(-c6ccccc6)c(NC(=O)OC6C[C@@H]7CN(Cc8cccc(CCC(=O)N(C)CC(OC)OC)c8)C[C@@H]7C6)c5)cc4)C[C@H]3C2)cc1)OC. The second kappa shape index (κ2) is 29.3. The summed E-state index contributed by atoms with van der Waals surface area (Å²) in [4.78, 5) is 61.2. The van der Waals surface area contributed by atoms with Gasteiger partial charge in [-0.15, -0.1) is 0 Å². The molecule has 16 nitrogen and oxygen atoms in total. The zero-order valence-electron chi connectivity index (χ0n) is 50.7. The Morgan fingerprint density at radius 3 is 1.45 bits per heavy atom. The molecule has 0 aromatic heterocycles. The van der Waals surface area contributed by atoms with Crippen LogP contribution in [0.15, 0.2) is 146 Å². The lowest BCUT2D eigenvalue weighted by molar-refractivity contribution is -0.143. The van der Waals surface area contributed by atoms with E-state index in [0.29, 0.717) is 73.8 Å². The van der Waals surface area contributed by atoms with Crippen molar-refractivity contribution < 1.29 is 47.6 Å². The quantitative estimate of drug-likeness (QED) is 0.0523. The van der Waals surface area contributed by atoms with Crippen molar-refractivity contribution in [2.75, 3.05) is 92.4 Å². The number of nitrogens with one attached hydrogen (secondary N) is 2. The van der Waals surface area contributed by atoms with Gasteiger partial charge in [0.1, 0.15) is 12.2 Å². The van der Waals surface area contributed by atoms with Gasteiger partial charge in [-0.05, 0) is 119 Å². The number of nitrogens with zero attached hydrogens (tertiary/aromatic N) is 4. The summed E-state index contributed by atoms with van der Waals surface area (Å²) in [5, 5.41) is 6.21. The lowest BCUT2D eigenvalue weighted by Crippen LogP contribution is -2.36. The highest BCUT2D eigenvalue weighted by molar-refractivity contribution is 5.94. The zero-order chi connectivity index (χ0) is 60.1. The Kier molecular flexibility index (Phi) is 21.0. The average Bonchev–Trinajstić information content (AvgIpc) is 3.72. The van der Waals surface area contributed by atoms with Crippen LogP contribution in [0.5, 0.6) is 0 Å². The molecule has 0 bridgehead atoms. The number of likely N-dealkylation sites (N-methyl/N-ethyl adjacent to an activating group) is 2. The van der Waals surface area contributed by atoms with Crippen molar-refractivity contribution in [2.24, 2.45) is 23.7 Å². The van der Waals surface area contributed by atoms with E-state index in [2.05, 4.69) is 105 Å². The molecule has 4 fully saturated rings. The van der Waals surface area contributed by atoms with Gasteiger partial charge in [0.2, 0.25) is 11.8 Å². The van der Waals surface area contributed by atoms with E-state index in [-0.39, 0.29) is 24.0 Å². The summed E-state index contributed by atoms with van der Waals surface area (Å²) < 4.78 is 33.3. The van der Waals surface area contributed by atoms with Crippen molar-refractivity contribution in [3.63, 3.8) is 0 Å². The van der Waals surface area contributed by atoms with E-state index < -0.39 is 24.8 Å². The molecule has 2 saturated carbocycles. The van der Waals surface area contributed by atoms with Crippen LogP contribution in [0.3, 0.4) is 0 Å². The Hall–Kier alpha value is -7.44. The topological polar surface area (TPSA) is 161 Å². The van der Waals surface area contributed by atoms with Gasteiger partial charge in [-0.3, -0.25) is 30.0 Å². The first-order valence-corrected chi connectivity index (χ1v) is 30.3. The van der Waals surface area contributed by atoms with Crippen molar-refractivity contribution in [1.82, 2.24) is 19.6 Å². The molecular weight excluding hydrogens is 1080 g/mol. The van der Waals surface area contributed by atoms with Crippen LogP contribution in [-0.2, 0) is 63.9 Å². The van der Waals surface area contributed by atoms with Crippen LogP contribution >= 0.6 is 0 Å². The maximum atomic E-state index is 13.8. The average molecular weight is 1170 g/mol. The molecule has 2 aliphatic heterocycles. The molecule has 6 aromatic carbocycles. The normalized spacial score (nSPS) is 20.0. The Morgan fingerprint density at radius 1 is 0.453 bits per heavy atom. The van der Waals surface area contributed by atoms with E-state index in [1.807, 2.05) is 60.7 Å². The van der Waals surface area contributed by atoms with E-state index in [1.165, 1.54) is 11.1 Å². The van der Waals surface area contributed by atoms with E-state index in [9.17, 15) is 19.2 Å². The predicted octanol–water partition coefficient (Wildman–Crippen LogP) is 11.6. The molecule has 454 valence electrons. The van der Waals surface area contributed by atoms with Crippen molar-refractivity contribution in [3.05, 3.63) is 168 Å². The Balaban J connectivity index is 0.685. The van der Waals surface area contributed by atoms with Crippen LogP contribution in [0.2, 0.25) is 0 Å². The number of anilines is 2. The maximum absolute atomic E-state index is 13.8. The first-order valence-electron chi connectivity index (χ1n) is 30.3. The molecule has 2 unspecified atom stereocenters. The first kappa shape index (κ1) is 61.6. The minimum absolute atomic E-state index is 0.0519. The number of carbonyl (C=O) groups is 4. The van der Waals surface area contributed by atoms with Gasteiger partial charge in [0.15, 0.2) is 12.6 Å². The number of aryl methyl sites for hydroxylation is 2. The molecule has 2 heterocycles. The van der Waals surface area contributed by atoms with E-state index in [0.717, 1.165) is 109 Å². The minimum atomic E-state index is -0.456. The molecule has 86 heavy (non-hydrogen) atoms. The molecule has 10 rings (SSSR count). The Morgan fingerprint density at radius 2 is 0.895 bits per heavy atom. The Bertz CT molecular complexity index is 3200. The third kappa shape index (κ3) is 16.1.